The first-order valence-corrected chi connectivity index (χ1v) is 9.13. The number of carbonyl (C=O) groups excluding carboxylic acids is 2. The van der Waals surface area contributed by atoms with Gasteiger partial charge in [-0.2, -0.15) is 0 Å². The monoisotopic (exact) mass is 369 g/mol. The van der Waals surface area contributed by atoms with E-state index in [0.717, 1.165) is 28.1 Å². The molecule has 0 radical (unpaired) electrons. The van der Waals surface area contributed by atoms with Gasteiger partial charge in [0.15, 0.2) is 6.10 Å². The minimum Gasteiger partial charge on any atom is -0.494 e. The standard InChI is InChI=1S/C22H27NO4/c1-15-13-16(2)21(17(3)14-15)23-22(25)18(4)27-20(24)11-8-12-26-19-9-6-5-7-10-19/h5-7,9-10,13-14,18H,8,11-12H2,1-4H3,(H,23,25). The molecule has 5 nitrogen and oxygen atoms in total. The molecule has 1 atom stereocenters. The van der Waals surface area contributed by atoms with E-state index in [1.807, 2.05) is 63.2 Å². The number of benzene rings is 2. The van der Waals surface area contributed by atoms with Crippen molar-refractivity contribution in [3.05, 3.63) is 59.2 Å². The van der Waals surface area contributed by atoms with Crippen LogP contribution >= 0.6 is 0 Å². The highest BCUT2D eigenvalue weighted by molar-refractivity contribution is 5.96. The van der Waals surface area contributed by atoms with Crippen LogP contribution in [-0.4, -0.2) is 24.6 Å². The Hall–Kier alpha value is -2.82. The molecular weight excluding hydrogens is 342 g/mol. The van der Waals surface area contributed by atoms with E-state index in [9.17, 15) is 9.59 Å². The topological polar surface area (TPSA) is 64.6 Å². The molecule has 0 fully saturated rings. The molecule has 0 saturated carbocycles. The number of nitrogens with one attached hydrogen (secondary N) is 1. The third kappa shape index (κ3) is 6.44. The average molecular weight is 369 g/mol. The summed E-state index contributed by atoms with van der Waals surface area (Å²) in [6.45, 7) is 7.89. The van der Waals surface area contributed by atoms with Gasteiger partial charge in [0.05, 0.1) is 6.61 Å². The third-order valence-electron chi connectivity index (χ3n) is 4.14. The lowest BCUT2D eigenvalue weighted by Crippen LogP contribution is -2.30. The molecule has 0 saturated heterocycles. The fourth-order valence-corrected chi connectivity index (χ4v) is 2.83. The molecule has 5 heteroatoms. The van der Waals surface area contributed by atoms with E-state index in [2.05, 4.69) is 5.32 Å². The maximum Gasteiger partial charge on any atom is 0.306 e. The van der Waals surface area contributed by atoms with E-state index in [4.69, 9.17) is 9.47 Å². The molecule has 2 aromatic rings. The molecule has 1 unspecified atom stereocenters. The largest absolute Gasteiger partial charge is 0.494 e. The Morgan fingerprint density at radius 3 is 2.30 bits per heavy atom. The first kappa shape index (κ1) is 20.5. The van der Waals surface area contributed by atoms with Gasteiger partial charge in [-0.15, -0.1) is 0 Å². The normalized spacial score (nSPS) is 11.6. The van der Waals surface area contributed by atoms with E-state index in [0.29, 0.717) is 13.0 Å². The Kier molecular flexibility index (Phi) is 7.41. The molecule has 144 valence electrons. The van der Waals surface area contributed by atoms with Gasteiger partial charge >= 0.3 is 5.97 Å². The zero-order chi connectivity index (χ0) is 19.8. The van der Waals surface area contributed by atoms with Crippen LogP contribution in [0.25, 0.3) is 0 Å². The van der Waals surface area contributed by atoms with E-state index >= 15 is 0 Å². The summed E-state index contributed by atoms with van der Waals surface area (Å²) in [4.78, 5) is 24.3. The number of hydrogen-bond acceptors (Lipinski definition) is 4. The summed E-state index contributed by atoms with van der Waals surface area (Å²) in [5.74, 6) is 0.0213. The summed E-state index contributed by atoms with van der Waals surface area (Å²) in [6.07, 6.45) is -0.127. The van der Waals surface area contributed by atoms with Crippen LogP contribution in [0.15, 0.2) is 42.5 Å². The Morgan fingerprint density at radius 2 is 1.67 bits per heavy atom. The van der Waals surface area contributed by atoms with E-state index < -0.39 is 12.1 Å². The summed E-state index contributed by atoms with van der Waals surface area (Å²) in [7, 11) is 0. The number of para-hydroxylation sites is 1. The predicted molar refractivity (Wildman–Crippen MR) is 106 cm³/mol. The SMILES string of the molecule is Cc1cc(C)c(NC(=O)C(C)OC(=O)CCCOc2ccccc2)c(C)c1. The van der Waals surface area contributed by atoms with Gasteiger partial charge < -0.3 is 14.8 Å². The summed E-state index contributed by atoms with van der Waals surface area (Å²) in [5, 5.41) is 2.86. The average Bonchev–Trinajstić information content (AvgIpc) is 2.62. The first-order valence-electron chi connectivity index (χ1n) is 9.13. The van der Waals surface area contributed by atoms with E-state index in [-0.39, 0.29) is 12.3 Å². The number of aryl methyl sites for hydroxylation is 3. The van der Waals surface area contributed by atoms with Crippen LogP contribution in [-0.2, 0) is 14.3 Å². The second-order valence-electron chi connectivity index (χ2n) is 6.66. The maximum absolute atomic E-state index is 12.3. The molecule has 27 heavy (non-hydrogen) atoms. The molecule has 0 aliphatic carbocycles. The Bertz CT molecular complexity index is 763. The van der Waals surface area contributed by atoms with Crippen LogP contribution in [0.3, 0.4) is 0 Å². The van der Waals surface area contributed by atoms with Gasteiger partial charge in [-0.3, -0.25) is 9.59 Å². The van der Waals surface area contributed by atoms with Crippen LogP contribution in [0, 0.1) is 20.8 Å². The van der Waals surface area contributed by atoms with Gasteiger partial charge in [-0.25, -0.2) is 0 Å². The maximum atomic E-state index is 12.3. The molecule has 2 rings (SSSR count). The fourth-order valence-electron chi connectivity index (χ4n) is 2.83. The number of ether oxygens (including phenoxy) is 2. The molecule has 1 N–H and O–H groups in total. The highest BCUT2D eigenvalue weighted by atomic mass is 16.5. The minimum absolute atomic E-state index is 0.201. The van der Waals surface area contributed by atoms with Crippen molar-refractivity contribution >= 4 is 17.6 Å². The molecule has 0 aromatic heterocycles. The number of amides is 1. The highest BCUT2D eigenvalue weighted by Gasteiger charge is 2.19. The summed E-state index contributed by atoms with van der Waals surface area (Å²) in [6, 6.07) is 13.4. The lowest BCUT2D eigenvalue weighted by molar-refractivity contribution is -0.153. The smallest absolute Gasteiger partial charge is 0.306 e. The molecule has 2 aromatic carbocycles. The summed E-state index contributed by atoms with van der Waals surface area (Å²) in [5.41, 5.74) is 3.87. The van der Waals surface area contributed by atoms with E-state index in [1.54, 1.807) is 6.92 Å². The zero-order valence-corrected chi connectivity index (χ0v) is 16.4. The second kappa shape index (κ2) is 9.76. The van der Waals surface area contributed by atoms with E-state index in [1.165, 1.54) is 0 Å². The number of carbonyl (C=O) groups is 2. The van der Waals surface area contributed by atoms with Crippen LogP contribution in [0.1, 0.15) is 36.5 Å². The van der Waals surface area contributed by atoms with Gasteiger partial charge in [0.25, 0.3) is 5.91 Å². The molecular formula is C22H27NO4. The molecule has 1 amide bonds. The van der Waals surface area contributed by atoms with Gasteiger partial charge in [-0.1, -0.05) is 35.9 Å². The van der Waals surface area contributed by atoms with Crippen molar-refractivity contribution in [2.75, 3.05) is 11.9 Å². The number of hydrogen-bond donors (Lipinski definition) is 1. The Labute approximate surface area is 160 Å². The van der Waals surface area contributed by atoms with Gasteiger partial charge in [0.1, 0.15) is 5.75 Å². The van der Waals surface area contributed by atoms with Crippen molar-refractivity contribution < 1.29 is 19.1 Å². The Morgan fingerprint density at radius 1 is 1.04 bits per heavy atom. The van der Waals surface area contributed by atoms with Crippen molar-refractivity contribution in [2.24, 2.45) is 0 Å². The van der Waals surface area contributed by atoms with Gasteiger partial charge in [-0.05, 0) is 57.4 Å². The van der Waals surface area contributed by atoms with Crippen LogP contribution < -0.4 is 10.1 Å². The van der Waals surface area contributed by atoms with Crippen molar-refractivity contribution in [3.8, 4) is 5.75 Å². The van der Waals surface area contributed by atoms with Gasteiger partial charge in [0.2, 0.25) is 0 Å². The van der Waals surface area contributed by atoms with Crippen LogP contribution in [0.2, 0.25) is 0 Å². The van der Waals surface area contributed by atoms with Crippen molar-refractivity contribution in [1.82, 2.24) is 0 Å². The number of anilines is 1. The lowest BCUT2D eigenvalue weighted by Gasteiger charge is -2.17. The van der Waals surface area contributed by atoms with Crippen molar-refractivity contribution in [3.63, 3.8) is 0 Å². The molecule has 0 spiro atoms. The minimum atomic E-state index is -0.854. The van der Waals surface area contributed by atoms with Crippen LogP contribution in [0.4, 0.5) is 5.69 Å². The first-order chi connectivity index (χ1) is 12.9. The molecule has 0 aliphatic heterocycles. The van der Waals surface area contributed by atoms with Gasteiger partial charge in [0, 0.05) is 12.1 Å². The van der Waals surface area contributed by atoms with Crippen LogP contribution in [0.5, 0.6) is 5.75 Å². The second-order valence-corrected chi connectivity index (χ2v) is 6.66. The molecule has 0 aliphatic rings. The summed E-state index contributed by atoms with van der Waals surface area (Å²) >= 11 is 0. The quantitative estimate of drug-likeness (QED) is 0.555. The number of rotatable bonds is 8. The predicted octanol–water partition coefficient (Wildman–Crippen LogP) is 4.34. The lowest BCUT2D eigenvalue weighted by atomic mass is 10.0. The highest BCUT2D eigenvalue weighted by Crippen LogP contribution is 2.22. The van der Waals surface area contributed by atoms with Crippen molar-refractivity contribution in [1.29, 1.82) is 0 Å². The van der Waals surface area contributed by atoms with Crippen molar-refractivity contribution in [2.45, 2.75) is 46.6 Å². The summed E-state index contributed by atoms with van der Waals surface area (Å²) < 4.78 is 10.8. The molecule has 0 bridgehead atoms. The Balaban J connectivity index is 1.76. The zero-order valence-electron chi connectivity index (χ0n) is 16.4. The third-order valence-corrected chi connectivity index (χ3v) is 4.14. The molecule has 0 heterocycles. The number of esters is 1. The fraction of sp³-hybridized carbons (Fsp3) is 0.364.